The lowest BCUT2D eigenvalue weighted by atomic mass is 10.1. The number of benzene rings is 1. The molecule has 20 heavy (non-hydrogen) atoms. The Kier molecular flexibility index (Phi) is 6.90. The Balaban J connectivity index is 2.81. The van der Waals surface area contributed by atoms with Gasteiger partial charge in [-0.05, 0) is 18.9 Å². The highest BCUT2D eigenvalue weighted by Gasteiger charge is 2.21. The number of carbonyl (C=O) groups excluding carboxylic acids is 1. The van der Waals surface area contributed by atoms with Crippen LogP contribution in [0.1, 0.15) is 38.4 Å². The van der Waals surface area contributed by atoms with Crippen molar-refractivity contribution >= 4 is 11.8 Å². The molecule has 2 atom stereocenters. The molecule has 3 N–H and O–H groups in total. The van der Waals surface area contributed by atoms with E-state index in [2.05, 4.69) is 10.6 Å². The van der Waals surface area contributed by atoms with Crippen LogP contribution < -0.4 is 10.6 Å². The highest BCUT2D eigenvalue weighted by molar-refractivity contribution is 5.77. The zero-order valence-electron chi connectivity index (χ0n) is 11.9. The molecule has 1 rings (SSSR count). The van der Waals surface area contributed by atoms with Crippen LogP contribution in [-0.4, -0.2) is 29.4 Å². The SMILES string of the molecule is CCC[C@H](NC(NCC(C)=O)c1ccccc1)C(=O)O. The number of aliphatic carboxylic acids is 1. The number of hydrogen-bond acceptors (Lipinski definition) is 4. The van der Waals surface area contributed by atoms with Gasteiger partial charge in [-0.25, -0.2) is 0 Å². The number of rotatable bonds is 9. The molecule has 0 aliphatic rings. The summed E-state index contributed by atoms with van der Waals surface area (Å²) < 4.78 is 0. The Bertz CT molecular complexity index is 434. The van der Waals surface area contributed by atoms with Crippen LogP contribution in [0.5, 0.6) is 0 Å². The molecule has 0 saturated carbocycles. The van der Waals surface area contributed by atoms with E-state index in [4.69, 9.17) is 0 Å². The smallest absolute Gasteiger partial charge is 0.320 e. The van der Waals surface area contributed by atoms with Crippen molar-refractivity contribution in [1.82, 2.24) is 10.6 Å². The van der Waals surface area contributed by atoms with Crippen LogP contribution in [0.3, 0.4) is 0 Å². The van der Waals surface area contributed by atoms with Crippen LogP contribution >= 0.6 is 0 Å². The molecule has 0 aromatic heterocycles. The zero-order valence-corrected chi connectivity index (χ0v) is 11.9. The van der Waals surface area contributed by atoms with Crippen LogP contribution in [-0.2, 0) is 9.59 Å². The lowest BCUT2D eigenvalue weighted by Crippen LogP contribution is -2.45. The van der Waals surface area contributed by atoms with Crippen molar-refractivity contribution < 1.29 is 14.7 Å². The molecule has 1 aromatic rings. The zero-order chi connectivity index (χ0) is 15.0. The number of carbonyl (C=O) groups is 2. The molecule has 0 radical (unpaired) electrons. The molecular formula is C15H22N2O3. The predicted molar refractivity (Wildman–Crippen MR) is 77.3 cm³/mol. The largest absolute Gasteiger partial charge is 0.480 e. The molecule has 0 heterocycles. The third kappa shape index (κ3) is 5.50. The second kappa shape index (κ2) is 8.45. The maximum atomic E-state index is 11.2. The Morgan fingerprint density at radius 1 is 1.25 bits per heavy atom. The van der Waals surface area contributed by atoms with Crippen LogP contribution in [0.15, 0.2) is 30.3 Å². The predicted octanol–water partition coefficient (Wildman–Crippen LogP) is 1.71. The van der Waals surface area contributed by atoms with Crippen LogP contribution in [0.4, 0.5) is 0 Å². The standard InChI is InChI=1S/C15H22N2O3/c1-3-7-13(15(19)20)17-14(16-10-11(2)18)12-8-5-4-6-9-12/h4-6,8-9,13-14,16-17H,3,7,10H2,1-2H3,(H,19,20)/t13-,14?/m0/s1. The topological polar surface area (TPSA) is 78.4 Å². The van der Waals surface area contributed by atoms with Gasteiger partial charge in [0.1, 0.15) is 11.8 Å². The van der Waals surface area contributed by atoms with Gasteiger partial charge in [0.05, 0.1) is 12.7 Å². The van der Waals surface area contributed by atoms with Crippen molar-refractivity contribution in [2.24, 2.45) is 0 Å². The van der Waals surface area contributed by atoms with E-state index in [-0.39, 0.29) is 18.5 Å². The van der Waals surface area contributed by atoms with Gasteiger partial charge in [-0.15, -0.1) is 0 Å². The van der Waals surface area contributed by atoms with E-state index in [0.29, 0.717) is 6.42 Å². The first kappa shape index (κ1) is 16.3. The lowest BCUT2D eigenvalue weighted by Gasteiger charge is -2.24. The van der Waals surface area contributed by atoms with Crippen molar-refractivity contribution in [3.63, 3.8) is 0 Å². The molecule has 0 amide bonds. The number of Topliss-reactive ketones (excluding diaryl/α,β-unsaturated/α-hetero) is 1. The molecule has 1 aromatic carbocycles. The Morgan fingerprint density at radius 2 is 1.90 bits per heavy atom. The summed E-state index contributed by atoms with van der Waals surface area (Å²) >= 11 is 0. The van der Waals surface area contributed by atoms with E-state index in [1.54, 1.807) is 0 Å². The fraction of sp³-hybridized carbons (Fsp3) is 0.467. The van der Waals surface area contributed by atoms with E-state index in [9.17, 15) is 14.7 Å². The number of nitrogens with one attached hydrogen (secondary N) is 2. The van der Waals surface area contributed by atoms with Crippen molar-refractivity contribution in [2.45, 2.75) is 38.9 Å². The molecule has 110 valence electrons. The Hall–Kier alpha value is -1.72. The first-order valence-electron chi connectivity index (χ1n) is 6.81. The fourth-order valence-corrected chi connectivity index (χ4v) is 1.93. The molecule has 5 heteroatoms. The molecular weight excluding hydrogens is 256 g/mol. The molecule has 5 nitrogen and oxygen atoms in total. The third-order valence-corrected chi connectivity index (χ3v) is 2.93. The van der Waals surface area contributed by atoms with Gasteiger partial charge in [0.15, 0.2) is 0 Å². The minimum absolute atomic E-state index is 0.00935. The van der Waals surface area contributed by atoms with E-state index >= 15 is 0 Å². The Labute approximate surface area is 119 Å². The summed E-state index contributed by atoms with van der Waals surface area (Å²) in [5, 5.41) is 15.3. The average molecular weight is 278 g/mol. The van der Waals surface area contributed by atoms with Gasteiger partial charge in [-0.2, -0.15) is 0 Å². The van der Waals surface area contributed by atoms with Gasteiger partial charge in [0.25, 0.3) is 0 Å². The average Bonchev–Trinajstić information content (AvgIpc) is 2.42. The van der Waals surface area contributed by atoms with Gasteiger partial charge in [0.2, 0.25) is 0 Å². The highest BCUT2D eigenvalue weighted by atomic mass is 16.4. The summed E-state index contributed by atoms with van der Waals surface area (Å²) in [4.78, 5) is 22.4. The van der Waals surface area contributed by atoms with Crippen LogP contribution in [0.2, 0.25) is 0 Å². The summed E-state index contributed by atoms with van der Waals surface area (Å²) in [6.45, 7) is 3.64. The lowest BCUT2D eigenvalue weighted by molar-refractivity contribution is -0.140. The molecule has 1 unspecified atom stereocenters. The van der Waals surface area contributed by atoms with E-state index in [1.165, 1.54) is 6.92 Å². The van der Waals surface area contributed by atoms with E-state index in [1.807, 2.05) is 37.3 Å². The normalized spacial score (nSPS) is 13.7. The van der Waals surface area contributed by atoms with Crippen LogP contribution in [0, 0.1) is 0 Å². The van der Waals surface area contributed by atoms with Gasteiger partial charge in [-0.1, -0.05) is 43.7 Å². The van der Waals surface area contributed by atoms with Crippen molar-refractivity contribution in [1.29, 1.82) is 0 Å². The minimum atomic E-state index is -0.877. The molecule has 0 saturated heterocycles. The first-order valence-corrected chi connectivity index (χ1v) is 6.81. The van der Waals surface area contributed by atoms with Crippen molar-refractivity contribution in [3.8, 4) is 0 Å². The summed E-state index contributed by atoms with van der Waals surface area (Å²) in [5.41, 5.74) is 0.913. The monoisotopic (exact) mass is 278 g/mol. The first-order chi connectivity index (χ1) is 9.54. The third-order valence-electron chi connectivity index (χ3n) is 2.93. The molecule has 0 aliphatic carbocycles. The molecule has 0 aliphatic heterocycles. The molecule has 0 bridgehead atoms. The molecule has 0 spiro atoms. The van der Waals surface area contributed by atoms with Gasteiger partial charge >= 0.3 is 5.97 Å². The van der Waals surface area contributed by atoms with E-state index in [0.717, 1.165) is 12.0 Å². The molecule has 0 fully saturated rings. The van der Waals surface area contributed by atoms with Gasteiger partial charge in [-0.3, -0.25) is 20.2 Å². The van der Waals surface area contributed by atoms with E-state index < -0.39 is 12.0 Å². The van der Waals surface area contributed by atoms with Gasteiger partial charge in [0, 0.05) is 0 Å². The van der Waals surface area contributed by atoms with Gasteiger partial charge < -0.3 is 5.11 Å². The number of hydrogen-bond donors (Lipinski definition) is 3. The highest BCUT2D eigenvalue weighted by Crippen LogP contribution is 2.12. The number of carboxylic acid groups (broad SMARTS) is 1. The van der Waals surface area contributed by atoms with Crippen molar-refractivity contribution in [2.75, 3.05) is 6.54 Å². The number of ketones is 1. The second-order valence-electron chi connectivity index (χ2n) is 4.77. The summed E-state index contributed by atoms with van der Waals surface area (Å²) in [7, 11) is 0. The summed E-state index contributed by atoms with van der Waals surface area (Å²) in [6.07, 6.45) is 0.964. The summed E-state index contributed by atoms with van der Waals surface area (Å²) in [5.74, 6) is -0.868. The van der Waals surface area contributed by atoms with Crippen LogP contribution in [0.25, 0.3) is 0 Å². The minimum Gasteiger partial charge on any atom is -0.480 e. The second-order valence-corrected chi connectivity index (χ2v) is 4.77. The van der Waals surface area contributed by atoms with Crippen molar-refractivity contribution in [3.05, 3.63) is 35.9 Å². The summed E-state index contributed by atoms with van der Waals surface area (Å²) in [6, 6.07) is 8.83. The quantitative estimate of drug-likeness (QED) is 0.599. The maximum Gasteiger partial charge on any atom is 0.320 e. The Morgan fingerprint density at radius 3 is 2.40 bits per heavy atom. The fourth-order valence-electron chi connectivity index (χ4n) is 1.93. The maximum absolute atomic E-state index is 11.2. The number of carboxylic acids is 1.